The van der Waals surface area contributed by atoms with Crippen molar-refractivity contribution in [2.75, 3.05) is 26.2 Å². The van der Waals surface area contributed by atoms with E-state index in [1.54, 1.807) is 23.1 Å². The average Bonchev–Trinajstić information content (AvgIpc) is 3.30. The van der Waals surface area contributed by atoms with Crippen molar-refractivity contribution in [3.63, 3.8) is 0 Å². The lowest BCUT2D eigenvalue weighted by molar-refractivity contribution is -0.895. The Morgan fingerprint density at radius 3 is 2.18 bits per heavy atom. The van der Waals surface area contributed by atoms with Crippen LogP contribution in [0.3, 0.4) is 0 Å². The van der Waals surface area contributed by atoms with E-state index in [1.807, 2.05) is 91.9 Å². The highest BCUT2D eigenvalue weighted by molar-refractivity contribution is 6.46. The van der Waals surface area contributed by atoms with Crippen molar-refractivity contribution >= 4 is 17.4 Å². The lowest BCUT2D eigenvalue weighted by Gasteiger charge is -2.29. The van der Waals surface area contributed by atoms with Gasteiger partial charge in [0, 0.05) is 5.57 Å². The van der Waals surface area contributed by atoms with Crippen molar-refractivity contribution in [2.45, 2.75) is 33.4 Å². The second kappa shape index (κ2) is 14.1. The number of benzene rings is 4. The van der Waals surface area contributed by atoms with Gasteiger partial charge in [0.1, 0.15) is 23.9 Å². The van der Waals surface area contributed by atoms with Crippen molar-refractivity contribution in [1.29, 1.82) is 0 Å². The van der Waals surface area contributed by atoms with Crippen LogP contribution in [0.5, 0.6) is 17.2 Å². The number of hydrogen-bond donors (Lipinski definition) is 1. The molecule has 1 aliphatic heterocycles. The molecule has 0 bridgehead atoms. The van der Waals surface area contributed by atoms with E-state index in [0.717, 1.165) is 18.7 Å². The molecule has 1 heterocycles. The molecule has 7 heteroatoms. The zero-order valence-corrected chi connectivity index (χ0v) is 25.4. The minimum atomic E-state index is -0.829. The number of Topliss-reactive ketones (excluding diaryl/α,β-unsaturated/α-hetero) is 1. The Labute approximate surface area is 259 Å². The van der Waals surface area contributed by atoms with Gasteiger partial charge in [-0.3, -0.25) is 9.59 Å². The number of amides is 1. The molecule has 0 aliphatic carbocycles. The lowest BCUT2D eigenvalue weighted by Crippen LogP contribution is -3.12. The van der Waals surface area contributed by atoms with E-state index in [-0.39, 0.29) is 5.57 Å². The van der Waals surface area contributed by atoms with Crippen LogP contribution in [0.15, 0.2) is 109 Å². The van der Waals surface area contributed by atoms with E-state index in [1.165, 1.54) is 4.90 Å². The van der Waals surface area contributed by atoms with Gasteiger partial charge in [0.05, 0.1) is 32.2 Å². The molecular weight excluding hydrogens is 552 g/mol. The number of carbonyl (C=O) groups is 2. The maximum Gasteiger partial charge on any atom is 0.295 e. The Bertz CT molecular complexity index is 1630. The molecule has 1 saturated heterocycles. The van der Waals surface area contributed by atoms with E-state index in [2.05, 4.69) is 13.8 Å². The summed E-state index contributed by atoms with van der Waals surface area (Å²) in [5.74, 6) is -0.0266. The van der Waals surface area contributed by atoms with Gasteiger partial charge >= 0.3 is 0 Å². The molecule has 5 rings (SSSR count). The van der Waals surface area contributed by atoms with Gasteiger partial charge in [-0.25, -0.2) is 0 Å². The summed E-state index contributed by atoms with van der Waals surface area (Å²) in [6.45, 7) is 9.19. The van der Waals surface area contributed by atoms with Gasteiger partial charge in [-0.2, -0.15) is 0 Å². The van der Waals surface area contributed by atoms with Gasteiger partial charge in [-0.15, -0.1) is 0 Å². The number of ketones is 1. The first-order chi connectivity index (χ1) is 21.4. The van der Waals surface area contributed by atoms with Crippen molar-refractivity contribution < 1.29 is 29.1 Å². The molecule has 0 aromatic heterocycles. The first-order valence-electron chi connectivity index (χ1n) is 15.1. The fraction of sp³-hybridized carbons (Fsp3) is 0.243. The summed E-state index contributed by atoms with van der Waals surface area (Å²) < 4.78 is 12.0. The summed E-state index contributed by atoms with van der Waals surface area (Å²) in [5.41, 5.74) is 2.67. The van der Waals surface area contributed by atoms with Gasteiger partial charge in [0.25, 0.3) is 5.91 Å². The standard InChI is InChI=1S/C37H38N2O5/c1-4-38(5-2)21-22-39-34(28-15-12-18-31(24-28)44-29-16-10-7-11-17-29)33(36(41)37(39)42)35(40)32-20-19-30(23-26(32)3)43-25-27-13-8-6-9-14-27/h6-20,23-24,34,40H,4-5,21-22,25H2,1-3H3. The quantitative estimate of drug-likeness (QED) is 0.149. The van der Waals surface area contributed by atoms with Gasteiger partial charge in [-0.05, 0) is 79.4 Å². The third-order valence-corrected chi connectivity index (χ3v) is 8.08. The van der Waals surface area contributed by atoms with Crippen LogP contribution in [0.4, 0.5) is 0 Å². The second-order valence-electron chi connectivity index (χ2n) is 10.9. The fourth-order valence-corrected chi connectivity index (χ4v) is 5.57. The number of nitrogens with zero attached hydrogens (tertiary/aromatic N) is 1. The van der Waals surface area contributed by atoms with E-state index >= 15 is 0 Å². The molecule has 1 N–H and O–H groups in total. The fourth-order valence-electron chi connectivity index (χ4n) is 5.57. The zero-order chi connectivity index (χ0) is 31.1. The van der Waals surface area contributed by atoms with Crippen molar-refractivity contribution in [1.82, 2.24) is 4.90 Å². The van der Waals surface area contributed by atoms with Crippen LogP contribution in [0.1, 0.15) is 42.1 Å². The van der Waals surface area contributed by atoms with Crippen molar-refractivity contribution in [3.05, 3.63) is 131 Å². The number of rotatable bonds is 12. The predicted octanol–water partition coefficient (Wildman–Crippen LogP) is 4.52. The molecule has 1 aliphatic rings. The molecule has 4 aromatic rings. The maximum atomic E-state index is 14.2. The molecule has 7 nitrogen and oxygen atoms in total. The average molecular weight is 591 g/mol. The number of aryl methyl sites for hydroxylation is 1. The Morgan fingerprint density at radius 2 is 1.50 bits per heavy atom. The van der Waals surface area contributed by atoms with Gasteiger partial charge in [0.2, 0.25) is 5.78 Å². The number of para-hydroxylation sites is 1. The summed E-state index contributed by atoms with van der Waals surface area (Å²) >= 11 is 0. The summed E-state index contributed by atoms with van der Waals surface area (Å²) in [4.78, 5) is 30.0. The van der Waals surface area contributed by atoms with Crippen LogP contribution in [0.25, 0.3) is 5.76 Å². The SMILES string of the molecule is CC[NH+](CC)CCN1C(=O)C(=O)C(=C([O-])c2ccc(OCc3ccccc3)cc2C)C1c1cccc(Oc2ccccc2)c1. The Kier molecular flexibility index (Phi) is 9.77. The Hall–Kier alpha value is -4.88. The Balaban J connectivity index is 1.51. The van der Waals surface area contributed by atoms with Crippen LogP contribution in [0, 0.1) is 6.92 Å². The number of likely N-dealkylation sites (tertiary alicyclic amines) is 1. The minimum Gasteiger partial charge on any atom is -0.872 e. The number of likely N-dealkylation sites (N-methyl/N-ethyl adjacent to an activating group) is 1. The summed E-state index contributed by atoms with van der Waals surface area (Å²) in [5, 5.41) is 14.2. The molecule has 1 amide bonds. The Morgan fingerprint density at radius 1 is 0.818 bits per heavy atom. The molecule has 0 saturated carbocycles. The summed E-state index contributed by atoms with van der Waals surface area (Å²) in [6.07, 6.45) is 0. The van der Waals surface area contributed by atoms with E-state index in [0.29, 0.717) is 53.6 Å². The minimum absolute atomic E-state index is 0.0394. The predicted molar refractivity (Wildman–Crippen MR) is 168 cm³/mol. The maximum absolute atomic E-state index is 14.2. The van der Waals surface area contributed by atoms with Crippen LogP contribution in [0.2, 0.25) is 0 Å². The lowest BCUT2D eigenvalue weighted by atomic mass is 9.93. The second-order valence-corrected chi connectivity index (χ2v) is 10.9. The number of carbonyl (C=O) groups excluding carboxylic acids is 2. The van der Waals surface area contributed by atoms with Crippen LogP contribution in [-0.4, -0.2) is 42.8 Å². The highest BCUT2D eigenvalue weighted by Gasteiger charge is 2.44. The van der Waals surface area contributed by atoms with Crippen LogP contribution >= 0.6 is 0 Å². The normalized spacial score (nSPS) is 16.0. The monoisotopic (exact) mass is 590 g/mol. The molecule has 1 atom stereocenters. The van der Waals surface area contributed by atoms with Crippen molar-refractivity contribution in [3.8, 4) is 17.2 Å². The topological polar surface area (TPSA) is 83.3 Å². The highest BCUT2D eigenvalue weighted by atomic mass is 16.5. The number of ether oxygens (including phenoxy) is 2. The third-order valence-electron chi connectivity index (χ3n) is 8.08. The smallest absolute Gasteiger partial charge is 0.295 e. The molecule has 1 fully saturated rings. The first-order valence-corrected chi connectivity index (χ1v) is 15.1. The van der Waals surface area contributed by atoms with Gasteiger partial charge in [0.15, 0.2) is 0 Å². The largest absolute Gasteiger partial charge is 0.872 e. The van der Waals surface area contributed by atoms with Gasteiger partial charge in [-0.1, -0.05) is 72.5 Å². The van der Waals surface area contributed by atoms with E-state index in [9.17, 15) is 14.7 Å². The molecule has 44 heavy (non-hydrogen) atoms. The molecule has 1 unspecified atom stereocenters. The molecular formula is C37H38N2O5. The van der Waals surface area contributed by atoms with Gasteiger partial charge < -0.3 is 24.4 Å². The van der Waals surface area contributed by atoms with E-state index < -0.39 is 23.5 Å². The van der Waals surface area contributed by atoms with Crippen molar-refractivity contribution in [2.24, 2.45) is 0 Å². The van der Waals surface area contributed by atoms with Crippen LogP contribution in [-0.2, 0) is 16.2 Å². The molecule has 226 valence electrons. The highest BCUT2D eigenvalue weighted by Crippen LogP contribution is 2.40. The van der Waals surface area contributed by atoms with E-state index in [4.69, 9.17) is 9.47 Å². The number of hydrogen-bond acceptors (Lipinski definition) is 5. The first kappa shape index (κ1) is 30.6. The summed E-state index contributed by atoms with van der Waals surface area (Å²) in [7, 11) is 0. The molecule has 4 aromatic carbocycles. The number of nitrogens with one attached hydrogen (secondary N) is 1. The number of quaternary nitrogens is 1. The zero-order valence-electron chi connectivity index (χ0n) is 25.4. The molecule has 0 spiro atoms. The summed E-state index contributed by atoms with van der Waals surface area (Å²) in [6, 6.07) is 30.9. The van der Waals surface area contributed by atoms with Crippen LogP contribution < -0.4 is 19.5 Å². The third kappa shape index (κ3) is 6.84. The molecule has 0 radical (unpaired) electrons.